The van der Waals surface area contributed by atoms with Crippen molar-refractivity contribution < 1.29 is 4.42 Å². The van der Waals surface area contributed by atoms with Gasteiger partial charge in [-0.3, -0.25) is 4.90 Å². The summed E-state index contributed by atoms with van der Waals surface area (Å²) in [5.74, 6) is 1.94. The molecule has 60 valence electrons. The van der Waals surface area contributed by atoms with Gasteiger partial charge in [0.1, 0.15) is 5.76 Å². The van der Waals surface area contributed by atoms with Gasteiger partial charge in [-0.1, -0.05) is 6.92 Å². The number of nitrogens with zero attached hydrogens (tertiary/aromatic N) is 2. The van der Waals surface area contributed by atoms with E-state index >= 15 is 0 Å². The van der Waals surface area contributed by atoms with Gasteiger partial charge in [-0.2, -0.15) is 0 Å². The SMILES string of the molecule is CCc1nc2c(o1)CN(C)C2. The van der Waals surface area contributed by atoms with E-state index in [1.165, 1.54) is 0 Å². The largest absolute Gasteiger partial charge is 0.444 e. The maximum Gasteiger partial charge on any atom is 0.194 e. The second-order valence-electron chi connectivity index (χ2n) is 3.00. The van der Waals surface area contributed by atoms with Gasteiger partial charge in [0.25, 0.3) is 0 Å². The summed E-state index contributed by atoms with van der Waals surface area (Å²) in [6.07, 6.45) is 0.900. The van der Waals surface area contributed by atoms with E-state index in [0.29, 0.717) is 0 Å². The third-order valence-corrected chi connectivity index (χ3v) is 1.96. The molecular weight excluding hydrogens is 140 g/mol. The molecule has 11 heavy (non-hydrogen) atoms. The molecule has 1 aliphatic rings. The first-order valence-corrected chi connectivity index (χ1v) is 3.95. The van der Waals surface area contributed by atoms with Crippen LogP contribution in [-0.4, -0.2) is 16.9 Å². The average Bonchev–Trinajstić information content (AvgIpc) is 2.43. The normalized spacial score (nSPS) is 17.3. The molecule has 2 heterocycles. The Morgan fingerprint density at radius 3 is 3.00 bits per heavy atom. The molecule has 0 bridgehead atoms. The fourth-order valence-corrected chi connectivity index (χ4v) is 1.39. The quantitative estimate of drug-likeness (QED) is 0.605. The molecule has 1 aromatic heterocycles. The summed E-state index contributed by atoms with van der Waals surface area (Å²) >= 11 is 0. The van der Waals surface area contributed by atoms with Gasteiger partial charge in [-0.15, -0.1) is 0 Å². The molecule has 2 rings (SSSR count). The molecule has 0 saturated carbocycles. The Hall–Kier alpha value is -0.830. The molecule has 1 aliphatic heterocycles. The molecule has 0 aliphatic carbocycles. The lowest BCUT2D eigenvalue weighted by atomic mass is 10.4. The highest BCUT2D eigenvalue weighted by atomic mass is 16.4. The first-order valence-electron chi connectivity index (χ1n) is 3.95. The maximum absolute atomic E-state index is 5.49. The van der Waals surface area contributed by atoms with Crippen LogP contribution < -0.4 is 0 Å². The highest BCUT2D eigenvalue weighted by Gasteiger charge is 2.21. The van der Waals surface area contributed by atoms with E-state index in [9.17, 15) is 0 Å². The standard InChI is InChI=1S/C8H12N2O/c1-3-8-9-6-4-10(2)5-7(6)11-8/h3-5H2,1-2H3. The Morgan fingerprint density at radius 2 is 2.36 bits per heavy atom. The summed E-state index contributed by atoms with van der Waals surface area (Å²) in [7, 11) is 2.07. The predicted molar refractivity (Wildman–Crippen MR) is 41.1 cm³/mol. The van der Waals surface area contributed by atoms with Gasteiger partial charge < -0.3 is 4.42 Å². The first-order chi connectivity index (χ1) is 5.29. The molecule has 3 heteroatoms. The summed E-state index contributed by atoms with van der Waals surface area (Å²) < 4.78 is 5.49. The lowest BCUT2D eigenvalue weighted by Crippen LogP contribution is -2.08. The zero-order valence-electron chi connectivity index (χ0n) is 6.92. The van der Waals surface area contributed by atoms with Crippen LogP contribution in [0.2, 0.25) is 0 Å². The van der Waals surface area contributed by atoms with E-state index in [4.69, 9.17) is 4.42 Å². The van der Waals surface area contributed by atoms with Crippen LogP contribution >= 0.6 is 0 Å². The Kier molecular flexibility index (Phi) is 1.46. The van der Waals surface area contributed by atoms with Crippen molar-refractivity contribution in [1.82, 2.24) is 9.88 Å². The third kappa shape index (κ3) is 1.05. The van der Waals surface area contributed by atoms with E-state index in [2.05, 4.69) is 23.9 Å². The predicted octanol–water partition coefficient (Wildman–Crippen LogP) is 1.18. The molecule has 0 unspecified atom stereocenters. The molecule has 0 N–H and O–H groups in total. The molecule has 0 saturated heterocycles. The van der Waals surface area contributed by atoms with Gasteiger partial charge in [-0.25, -0.2) is 4.98 Å². The molecule has 0 amide bonds. The van der Waals surface area contributed by atoms with Crippen molar-refractivity contribution >= 4 is 0 Å². The molecule has 0 atom stereocenters. The number of oxazole rings is 1. The van der Waals surface area contributed by atoms with Gasteiger partial charge in [-0.05, 0) is 7.05 Å². The lowest BCUT2D eigenvalue weighted by molar-refractivity contribution is 0.316. The topological polar surface area (TPSA) is 29.3 Å². The van der Waals surface area contributed by atoms with E-state index in [0.717, 1.165) is 36.9 Å². The van der Waals surface area contributed by atoms with E-state index in [1.807, 2.05) is 0 Å². The van der Waals surface area contributed by atoms with Crippen molar-refractivity contribution in [3.8, 4) is 0 Å². The van der Waals surface area contributed by atoms with Gasteiger partial charge >= 0.3 is 0 Å². The summed E-state index contributed by atoms with van der Waals surface area (Å²) in [6.45, 7) is 3.92. The van der Waals surface area contributed by atoms with Crippen LogP contribution in [0.4, 0.5) is 0 Å². The number of fused-ring (bicyclic) bond motifs is 1. The van der Waals surface area contributed by atoms with Crippen LogP contribution in [0.15, 0.2) is 4.42 Å². The fraction of sp³-hybridized carbons (Fsp3) is 0.625. The van der Waals surface area contributed by atoms with Gasteiger partial charge in [0.2, 0.25) is 0 Å². The number of hydrogen-bond acceptors (Lipinski definition) is 3. The molecule has 3 nitrogen and oxygen atoms in total. The summed E-state index contributed by atoms with van der Waals surface area (Å²) in [6, 6.07) is 0. The van der Waals surface area contributed by atoms with Crippen molar-refractivity contribution in [2.24, 2.45) is 0 Å². The van der Waals surface area contributed by atoms with Crippen LogP contribution in [0.5, 0.6) is 0 Å². The minimum atomic E-state index is 0.878. The molecule has 1 aromatic rings. The van der Waals surface area contributed by atoms with E-state index in [1.54, 1.807) is 0 Å². The summed E-state index contributed by atoms with van der Waals surface area (Å²) in [5, 5.41) is 0. The number of hydrogen-bond donors (Lipinski definition) is 0. The zero-order valence-corrected chi connectivity index (χ0v) is 6.92. The molecule has 0 aromatic carbocycles. The smallest absolute Gasteiger partial charge is 0.194 e. The highest BCUT2D eigenvalue weighted by molar-refractivity contribution is 5.14. The number of rotatable bonds is 1. The van der Waals surface area contributed by atoms with Crippen LogP contribution in [0, 0.1) is 0 Å². The zero-order chi connectivity index (χ0) is 7.84. The van der Waals surface area contributed by atoms with E-state index in [-0.39, 0.29) is 0 Å². The molecule has 0 radical (unpaired) electrons. The van der Waals surface area contributed by atoms with Crippen LogP contribution in [0.1, 0.15) is 24.3 Å². The molecule has 0 fully saturated rings. The fourth-order valence-electron chi connectivity index (χ4n) is 1.39. The molecule has 0 spiro atoms. The van der Waals surface area contributed by atoms with Gasteiger partial charge in [0.15, 0.2) is 5.89 Å². The summed E-state index contributed by atoms with van der Waals surface area (Å²) in [4.78, 5) is 6.55. The van der Waals surface area contributed by atoms with Gasteiger partial charge in [0, 0.05) is 13.0 Å². The lowest BCUT2D eigenvalue weighted by Gasteiger charge is -2.03. The summed E-state index contributed by atoms with van der Waals surface area (Å²) in [5.41, 5.74) is 1.13. The monoisotopic (exact) mass is 152 g/mol. The Morgan fingerprint density at radius 1 is 1.55 bits per heavy atom. The molecular formula is C8H12N2O. The van der Waals surface area contributed by atoms with Crippen molar-refractivity contribution in [1.29, 1.82) is 0 Å². The first kappa shape index (κ1) is 6.85. The van der Waals surface area contributed by atoms with Crippen LogP contribution in [0.25, 0.3) is 0 Å². The second-order valence-corrected chi connectivity index (χ2v) is 3.00. The van der Waals surface area contributed by atoms with Crippen LogP contribution in [-0.2, 0) is 19.5 Å². The van der Waals surface area contributed by atoms with Crippen LogP contribution in [0.3, 0.4) is 0 Å². The maximum atomic E-state index is 5.49. The minimum absolute atomic E-state index is 0.878. The second kappa shape index (κ2) is 2.34. The van der Waals surface area contributed by atoms with Crippen molar-refractivity contribution in [2.75, 3.05) is 7.05 Å². The van der Waals surface area contributed by atoms with Crippen molar-refractivity contribution in [3.63, 3.8) is 0 Å². The Labute approximate surface area is 66.0 Å². The van der Waals surface area contributed by atoms with Crippen molar-refractivity contribution in [2.45, 2.75) is 26.4 Å². The average molecular weight is 152 g/mol. The number of aryl methyl sites for hydroxylation is 1. The Balaban J connectivity index is 2.29. The van der Waals surface area contributed by atoms with Crippen molar-refractivity contribution in [3.05, 3.63) is 17.3 Å². The highest BCUT2D eigenvalue weighted by Crippen LogP contribution is 2.21. The van der Waals surface area contributed by atoms with E-state index < -0.39 is 0 Å². The van der Waals surface area contributed by atoms with Gasteiger partial charge in [0.05, 0.1) is 12.2 Å². The number of aromatic nitrogens is 1. The third-order valence-electron chi connectivity index (χ3n) is 1.96. The minimum Gasteiger partial charge on any atom is -0.444 e. The Bertz CT molecular complexity index is 244.